The Balaban J connectivity index is 0.945. The Morgan fingerprint density at radius 1 is 0.613 bits per heavy atom. The second-order valence-corrected chi connectivity index (χ2v) is 18.1. The molecule has 3 heteroatoms. The van der Waals surface area contributed by atoms with E-state index in [9.17, 15) is 4.39 Å². The number of hydrogen-bond donors (Lipinski definition) is 0. The highest BCUT2D eigenvalue weighted by atomic mass is 19.1. The van der Waals surface area contributed by atoms with Crippen LogP contribution in [0.1, 0.15) is 42.7 Å². The summed E-state index contributed by atoms with van der Waals surface area (Å²) in [4.78, 5) is 2.41. The van der Waals surface area contributed by atoms with E-state index in [0.717, 1.165) is 35.4 Å². The quantitative estimate of drug-likeness (QED) is 0.168. The van der Waals surface area contributed by atoms with E-state index in [2.05, 4.69) is 187 Å². The minimum Gasteiger partial charge on any atom is -0.313 e. The Morgan fingerprint density at radius 3 is 2.23 bits per heavy atom. The molecule has 5 aliphatic rings. The molecule has 0 fully saturated rings. The highest BCUT2D eigenvalue weighted by Crippen LogP contribution is 2.55. The van der Waals surface area contributed by atoms with Gasteiger partial charge in [0.25, 0.3) is 0 Å². The van der Waals surface area contributed by atoms with Gasteiger partial charge in [0.15, 0.2) is 0 Å². The van der Waals surface area contributed by atoms with Gasteiger partial charge in [0.2, 0.25) is 0 Å². The van der Waals surface area contributed by atoms with Crippen molar-refractivity contribution >= 4 is 44.3 Å². The number of allylic oxidation sites excluding steroid dienone is 10. The lowest BCUT2D eigenvalue weighted by atomic mass is 9.66. The molecule has 2 nitrogen and oxygen atoms in total. The maximum Gasteiger partial charge on any atom is 0.123 e. The van der Waals surface area contributed by atoms with Crippen molar-refractivity contribution in [1.29, 1.82) is 0 Å². The summed E-state index contributed by atoms with van der Waals surface area (Å²) in [7, 11) is 0. The summed E-state index contributed by atoms with van der Waals surface area (Å²) in [6.45, 7) is 4.76. The van der Waals surface area contributed by atoms with E-state index >= 15 is 0 Å². The Morgan fingerprint density at radius 2 is 1.35 bits per heavy atom. The van der Waals surface area contributed by atoms with Crippen LogP contribution in [-0.4, -0.2) is 4.57 Å². The fourth-order valence-corrected chi connectivity index (χ4v) is 11.6. The average Bonchev–Trinajstić information content (AvgIpc) is 3.75. The first-order valence-corrected chi connectivity index (χ1v) is 22.0. The zero-order valence-electron chi connectivity index (χ0n) is 34.7. The molecule has 0 spiro atoms. The third-order valence-electron chi connectivity index (χ3n) is 14.4. The zero-order chi connectivity index (χ0) is 41.3. The third-order valence-corrected chi connectivity index (χ3v) is 14.4. The van der Waals surface area contributed by atoms with Crippen LogP contribution in [0.2, 0.25) is 0 Å². The van der Waals surface area contributed by atoms with Gasteiger partial charge in [0.05, 0.1) is 11.2 Å². The predicted octanol–water partition coefficient (Wildman–Crippen LogP) is 15.3. The maximum atomic E-state index is 14.4. The van der Waals surface area contributed by atoms with Crippen molar-refractivity contribution in [2.75, 3.05) is 4.90 Å². The molecule has 0 aliphatic heterocycles. The molecule has 8 aromatic rings. The Bertz CT molecular complexity index is 3380. The predicted molar refractivity (Wildman–Crippen MR) is 255 cm³/mol. The average molecular weight is 799 g/mol. The lowest BCUT2D eigenvalue weighted by Gasteiger charge is -2.38. The molecule has 0 bridgehead atoms. The molecular formula is C59H43FN2. The molecule has 2 atom stereocenters. The molecule has 0 radical (unpaired) electrons. The van der Waals surface area contributed by atoms with E-state index in [0.29, 0.717) is 11.8 Å². The van der Waals surface area contributed by atoms with Gasteiger partial charge in [-0.2, -0.15) is 0 Å². The maximum absolute atomic E-state index is 14.4. The summed E-state index contributed by atoms with van der Waals surface area (Å²) in [5, 5.41) is 3.70. The summed E-state index contributed by atoms with van der Waals surface area (Å²) in [6, 6.07) is 54.2. The molecular weight excluding hydrogens is 756 g/mol. The number of benzene rings is 7. The van der Waals surface area contributed by atoms with Gasteiger partial charge in [-0.05, 0) is 147 Å². The number of hydrogen-bond acceptors (Lipinski definition) is 1. The zero-order valence-corrected chi connectivity index (χ0v) is 34.7. The van der Waals surface area contributed by atoms with Crippen molar-refractivity contribution in [3.05, 3.63) is 233 Å². The fraction of sp³-hybridized carbons (Fsp3) is 0.119. The number of rotatable bonds is 5. The molecule has 5 aliphatic carbocycles. The molecule has 1 aromatic heterocycles. The molecule has 7 aromatic carbocycles. The SMILES string of the molecule is CC1(C)c2cc(-c3ccc4c(c3)c3c(n4-c4ccc(F)cc4)CC4C=CC5=C6C4=C3C=CC6CC=C5)ccc2-c2ccc(N(c3ccccc3)c3cccc4ccccc34)cc21. The van der Waals surface area contributed by atoms with Gasteiger partial charge < -0.3 is 9.47 Å². The molecule has 0 saturated carbocycles. The number of aromatic nitrogens is 1. The first kappa shape index (κ1) is 35.5. The highest BCUT2D eigenvalue weighted by molar-refractivity contribution is 6.04. The van der Waals surface area contributed by atoms with E-state index in [1.54, 1.807) is 12.1 Å². The second kappa shape index (κ2) is 13.1. The van der Waals surface area contributed by atoms with Crippen LogP contribution in [0.15, 0.2) is 205 Å². The van der Waals surface area contributed by atoms with E-state index in [1.165, 1.54) is 88.8 Å². The van der Waals surface area contributed by atoms with Gasteiger partial charge in [-0.25, -0.2) is 4.39 Å². The van der Waals surface area contributed by atoms with E-state index in [4.69, 9.17) is 0 Å². The molecule has 1 heterocycles. The second-order valence-electron chi connectivity index (χ2n) is 18.1. The van der Waals surface area contributed by atoms with Crippen molar-refractivity contribution in [2.45, 2.75) is 32.1 Å². The van der Waals surface area contributed by atoms with Gasteiger partial charge in [-0.3, -0.25) is 0 Å². The van der Waals surface area contributed by atoms with E-state index in [-0.39, 0.29) is 11.2 Å². The van der Waals surface area contributed by atoms with Crippen LogP contribution in [0.5, 0.6) is 0 Å². The van der Waals surface area contributed by atoms with Crippen LogP contribution >= 0.6 is 0 Å². The van der Waals surface area contributed by atoms with Gasteiger partial charge in [-0.1, -0.05) is 129 Å². The molecule has 296 valence electrons. The molecule has 62 heavy (non-hydrogen) atoms. The summed E-state index contributed by atoms with van der Waals surface area (Å²) in [6.07, 6.45) is 16.2. The fourth-order valence-electron chi connectivity index (χ4n) is 11.6. The Kier molecular flexibility index (Phi) is 7.52. The van der Waals surface area contributed by atoms with Crippen LogP contribution in [0, 0.1) is 17.7 Å². The number of nitrogens with zero attached hydrogens (tertiary/aromatic N) is 2. The standard InChI is InChI=1S/C59H43FN2/c1-59(2)51-33-40(21-28-47(51)48-30-27-45(35-52(48)59)61(43-14-4-3-5-15-43)53-17-9-11-36-10-6-7-16-46(36)53)39-22-31-54-50(32-39)58-49-29-20-38-13-8-12-37-18-19-41(57(49)56(37)38)34-55(58)62(54)44-25-23-42(60)24-26-44/h3-12,14-33,35,38,41H,13,34H2,1-2H3. The minimum atomic E-state index is -0.230. The van der Waals surface area contributed by atoms with Crippen molar-refractivity contribution in [3.8, 4) is 27.9 Å². The summed E-state index contributed by atoms with van der Waals surface area (Å²) in [5.74, 6) is 0.522. The normalized spacial score (nSPS) is 18.6. The Hall–Kier alpha value is -7.23. The highest BCUT2D eigenvalue weighted by Gasteiger charge is 2.39. The largest absolute Gasteiger partial charge is 0.313 e. The van der Waals surface area contributed by atoms with Crippen LogP contribution in [-0.2, 0) is 11.8 Å². The first-order chi connectivity index (χ1) is 30.4. The molecule has 0 N–H and O–H groups in total. The smallest absolute Gasteiger partial charge is 0.123 e. The Labute approximate surface area is 361 Å². The van der Waals surface area contributed by atoms with Crippen molar-refractivity contribution in [2.24, 2.45) is 11.8 Å². The molecule has 2 unspecified atom stereocenters. The number of para-hydroxylation sites is 1. The van der Waals surface area contributed by atoms with Crippen LogP contribution in [0.4, 0.5) is 21.5 Å². The van der Waals surface area contributed by atoms with Crippen LogP contribution < -0.4 is 4.90 Å². The lowest BCUT2D eigenvalue weighted by molar-refractivity contribution is 0.627. The van der Waals surface area contributed by atoms with E-state index < -0.39 is 0 Å². The van der Waals surface area contributed by atoms with E-state index in [1.807, 2.05) is 12.1 Å². The van der Waals surface area contributed by atoms with Gasteiger partial charge in [-0.15, -0.1) is 0 Å². The van der Waals surface area contributed by atoms with Crippen LogP contribution in [0.25, 0.3) is 55.2 Å². The topological polar surface area (TPSA) is 8.17 Å². The monoisotopic (exact) mass is 798 g/mol. The third kappa shape index (κ3) is 5.09. The van der Waals surface area contributed by atoms with Crippen molar-refractivity contribution in [3.63, 3.8) is 0 Å². The summed E-state index contributed by atoms with van der Waals surface area (Å²) >= 11 is 0. The van der Waals surface area contributed by atoms with Gasteiger partial charge in [0.1, 0.15) is 5.82 Å². The first-order valence-electron chi connectivity index (χ1n) is 22.0. The van der Waals surface area contributed by atoms with Crippen molar-refractivity contribution in [1.82, 2.24) is 4.57 Å². The number of fused-ring (bicyclic) bond motifs is 8. The van der Waals surface area contributed by atoms with Gasteiger partial charge in [0, 0.05) is 56.3 Å². The number of anilines is 3. The molecule has 13 rings (SSSR count). The minimum absolute atomic E-state index is 0.219. The van der Waals surface area contributed by atoms with Gasteiger partial charge >= 0.3 is 0 Å². The van der Waals surface area contributed by atoms with Crippen LogP contribution in [0.3, 0.4) is 0 Å². The summed E-state index contributed by atoms with van der Waals surface area (Å²) in [5.41, 5.74) is 21.4. The number of halogens is 1. The summed E-state index contributed by atoms with van der Waals surface area (Å²) < 4.78 is 16.8. The molecule has 0 saturated heterocycles. The van der Waals surface area contributed by atoms with Crippen molar-refractivity contribution < 1.29 is 4.39 Å². The lowest BCUT2D eigenvalue weighted by Crippen LogP contribution is -2.25. The molecule has 0 amide bonds.